The topological polar surface area (TPSA) is 125 Å². The Morgan fingerprint density at radius 3 is 2.56 bits per heavy atom. The van der Waals surface area contributed by atoms with Gasteiger partial charge in [0.15, 0.2) is 0 Å². The molecule has 1 unspecified atom stereocenters. The van der Waals surface area contributed by atoms with Crippen LogP contribution < -0.4 is 5.32 Å². The number of esters is 1. The van der Waals surface area contributed by atoms with Gasteiger partial charge in [0.25, 0.3) is 0 Å². The molecule has 0 saturated carbocycles. The second-order valence-corrected chi connectivity index (χ2v) is 14.4. The molecule has 3 saturated heterocycles. The summed E-state index contributed by atoms with van der Waals surface area (Å²) < 4.78 is 13.0. The van der Waals surface area contributed by atoms with Crippen molar-refractivity contribution in [2.24, 2.45) is 11.8 Å². The number of allylic oxidation sites excluding steroid dienone is 1. The number of aliphatic hydroxyl groups excluding tert-OH is 1. The van der Waals surface area contributed by atoms with Crippen LogP contribution in [0.2, 0.25) is 0 Å². The van der Waals surface area contributed by atoms with Gasteiger partial charge in [-0.25, -0.2) is 0 Å². The molecule has 2 N–H and O–H groups in total. The highest BCUT2D eigenvalue weighted by Crippen LogP contribution is 2.60. The summed E-state index contributed by atoms with van der Waals surface area (Å²) in [7, 11) is 0. The molecule has 8 atom stereocenters. The molecule has 3 aliphatic heterocycles. The van der Waals surface area contributed by atoms with Crippen LogP contribution in [0.15, 0.2) is 55.6 Å². The van der Waals surface area contributed by atoms with Crippen molar-refractivity contribution >= 4 is 39.6 Å². The maximum atomic E-state index is 14.5. The van der Waals surface area contributed by atoms with Gasteiger partial charge in [-0.15, -0.1) is 13.2 Å². The predicted octanol–water partition coefficient (Wildman–Crippen LogP) is 4.86. The van der Waals surface area contributed by atoms with Gasteiger partial charge < -0.3 is 29.7 Å². The SMILES string of the molecule is C=CCCC(=O)N[C@H](C)[C@@H](OC(=O)[C@@H]1[C@H]2O[C@@]3(CC2Br)[C@H](C(=O)N(CC=C)CCCC)N(CCCCCCO)C(=O)[C@@H]13)c1ccccc1. The number of hydrogen-bond acceptors (Lipinski definition) is 7. The van der Waals surface area contributed by atoms with Crippen molar-refractivity contribution in [1.82, 2.24) is 15.1 Å². The fourth-order valence-corrected chi connectivity index (χ4v) is 8.52. The van der Waals surface area contributed by atoms with Gasteiger partial charge in [-0.2, -0.15) is 0 Å². The first-order chi connectivity index (χ1) is 23.1. The van der Waals surface area contributed by atoms with E-state index in [0.717, 1.165) is 25.7 Å². The molecule has 3 heterocycles. The first-order valence-corrected chi connectivity index (χ1v) is 18.3. The Morgan fingerprint density at radius 2 is 1.90 bits per heavy atom. The fraction of sp³-hybridized carbons (Fsp3) is 0.622. The number of halogens is 1. The lowest BCUT2D eigenvalue weighted by Crippen LogP contribution is -2.57. The van der Waals surface area contributed by atoms with Gasteiger partial charge in [0.2, 0.25) is 17.7 Å². The summed E-state index contributed by atoms with van der Waals surface area (Å²) >= 11 is 3.75. The minimum Gasteiger partial charge on any atom is -0.455 e. The van der Waals surface area contributed by atoms with E-state index in [9.17, 15) is 24.3 Å². The summed E-state index contributed by atoms with van der Waals surface area (Å²) in [6.45, 7) is 12.7. The van der Waals surface area contributed by atoms with E-state index in [1.165, 1.54) is 0 Å². The number of likely N-dealkylation sites (tertiary alicyclic amines) is 1. The smallest absolute Gasteiger partial charge is 0.313 e. The van der Waals surface area contributed by atoms with Crippen LogP contribution in [-0.2, 0) is 28.7 Å². The Kier molecular flexibility index (Phi) is 13.8. The van der Waals surface area contributed by atoms with Gasteiger partial charge in [0.1, 0.15) is 17.7 Å². The minimum absolute atomic E-state index is 0.107. The Bertz CT molecular complexity index is 1290. The summed E-state index contributed by atoms with van der Waals surface area (Å²) in [5.41, 5.74) is -0.483. The van der Waals surface area contributed by atoms with Crippen LogP contribution in [0.25, 0.3) is 0 Å². The molecular weight excluding hydrogens is 678 g/mol. The van der Waals surface area contributed by atoms with Crippen LogP contribution in [-0.4, -0.2) is 93.5 Å². The highest BCUT2D eigenvalue weighted by molar-refractivity contribution is 9.09. The summed E-state index contributed by atoms with van der Waals surface area (Å²) in [6.07, 6.45) is 7.72. The Balaban J connectivity index is 1.66. The molecule has 264 valence electrons. The average molecular weight is 731 g/mol. The van der Waals surface area contributed by atoms with Gasteiger partial charge in [-0.3, -0.25) is 19.2 Å². The number of fused-ring (bicyclic) bond motifs is 1. The van der Waals surface area contributed by atoms with Crippen molar-refractivity contribution in [3.63, 3.8) is 0 Å². The lowest BCUT2D eigenvalue weighted by atomic mass is 9.70. The van der Waals surface area contributed by atoms with E-state index in [2.05, 4.69) is 41.3 Å². The summed E-state index contributed by atoms with van der Waals surface area (Å²) in [6, 6.07) is 7.79. The second kappa shape index (κ2) is 17.6. The average Bonchev–Trinajstić information content (AvgIpc) is 3.67. The predicted molar refractivity (Wildman–Crippen MR) is 187 cm³/mol. The first-order valence-electron chi connectivity index (χ1n) is 17.4. The largest absolute Gasteiger partial charge is 0.455 e. The van der Waals surface area contributed by atoms with Crippen LogP contribution in [0.1, 0.15) is 83.3 Å². The number of rotatable bonds is 20. The van der Waals surface area contributed by atoms with Gasteiger partial charge >= 0.3 is 5.97 Å². The summed E-state index contributed by atoms with van der Waals surface area (Å²) in [5, 5.41) is 12.2. The molecule has 10 nitrogen and oxygen atoms in total. The number of aliphatic hydroxyl groups is 1. The van der Waals surface area contributed by atoms with Crippen LogP contribution in [0, 0.1) is 11.8 Å². The van der Waals surface area contributed by atoms with E-state index in [4.69, 9.17) is 9.47 Å². The van der Waals surface area contributed by atoms with Crippen molar-refractivity contribution in [3.05, 3.63) is 61.2 Å². The number of nitrogens with zero attached hydrogens (tertiary/aromatic N) is 2. The third kappa shape index (κ3) is 8.05. The van der Waals surface area contributed by atoms with Crippen LogP contribution in [0.3, 0.4) is 0 Å². The number of benzene rings is 1. The molecule has 0 aromatic heterocycles. The van der Waals surface area contributed by atoms with Crippen molar-refractivity contribution in [3.8, 4) is 0 Å². The number of carbonyl (C=O) groups is 4. The molecule has 1 spiro atoms. The zero-order valence-corrected chi connectivity index (χ0v) is 29.9. The molecule has 4 rings (SSSR count). The molecular formula is C37H52BrN3O7. The number of unbranched alkanes of at least 4 members (excludes halogenated alkanes) is 4. The second-order valence-electron chi connectivity index (χ2n) is 13.2. The fourth-order valence-electron chi connectivity index (χ4n) is 7.58. The Morgan fingerprint density at radius 1 is 1.17 bits per heavy atom. The lowest BCUT2D eigenvalue weighted by molar-refractivity contribution is -0.162. The van der Waals surface area contributed by atoms with E-state index in [1.54, 1.807) is 28.9 Å². The standard InChI is InChI=1S/C37H52BrN3O7/c1-5-8-19-28(43)39-25(4)31(26-17-13-12-14-18-26)47-36(46)29-30-34(44)41(22-15-10-11-16-23-42)33(37(30)24-27(38)32(29)48-37)35(45)40(20-7-3)21-9-6-2/h5,7,12-14,17-18,25,27,29-33,42H,1,3,6,8-11,15-16,19-24H2,2,4H3,(H,39,43)/t25-,27?,29+,30-,31-,32+,33+,37-/m1/s1. The van der Waals surface area contributed by atoms with E-state index in [-0.39, 0.29) is 35.6 Å². The number of hydrogen-bond donors (Lipinski definition) is 2. The van der Waals surface area contributed by atoms with E-state index in [1.807, 2.05) is 30.3 Å². The molecule has 3 amide bonds. The maximum Gasteiger partial charge on any atom is 0.313 e. The molecule has 1 aromatic carbocycles. The highest BCUT2D eigenvalue weighted by atomic mass is 79.9. The third-order valence-corrected chi connectivity index (χ3v) is 10.7. The van der Waals surface area contributed by atoms with Crippen molar-refractivity contribution in [2.75, 3.05) is 26.2 Å². The van der Waals surface area contributed by atoms with Crippen molar-refractivity contribution in [2.45, 2.75) is 106 Å². The summed E-state index contributed by atoms with van der Waals surface area (Å²) in [4.78, 5) is 59.1. The van der Waals surface area contributed by atoms with Crippen molar-refractivity contribution < 1.29 is 33.8 Å². The van der Waals surface area contributed by atoms with Crippen molar-refractivity contribution in [1.29, 1.82) is 0 Å². The Labute approximate surface area is 293 Å². The molecule has 0 radical (unpaired) electrons. The van der Waals surface area contributed by atoms with Gasteiger partial charge in [0.05, 0.1) is 24.0 Å². The maximum absolute atomic E-state index is 14.5. The minimum atomic E-state index is -1.19. The molecule has 0 aliphatic carbocycles. The summed E-state index contributed by atoms with van der Waals surface area (Å²) in [5.74, 6) is -3.06. The number of nitrogens with one attached hydrogen (secondary N) is 1. The molecule has 2 bridgehead atoms. The first kappa shape index (κ1) is 37.8. The monoisotopic (exact) mass is 729 g/mol. The third-order valence-electron chi connectivity index (χ3n) is 9.83. The molecule has 3 fully saturated rings. The number of amides is 3. The van der Waals surface area contributed by atoms with E-state index >= 15 is 0 Å². The number of ether oxygens (including phenoxy) is 2. The highest BCUT2D eigenvalue weighted by Gasteiger charge is 2.77. The molecule has 1 aromatic rings. The van der Waals surface area contributed by atoms with Crippen LogP contribution in [0.5, 0.6) is 0 Å². The van der Waals surface area contributed by atoms with Gasteiger partial charge in [0, 0.05) is 37.5 Å². The quantitative estimate of drug-likeness (QED) is 0.0851. The van der Waals surface area contributed by atoms with Gasteiger partial charge in [-0.1, -0.05) is 84.6 Å². The number of alkyl halides is 1. The normalized spacial score (nSPS) is 26.9. The van der Waals surface area contributed by atoms with E-state index in [0.29, 0.717) is 50.9 Å². The zero-order chi connectivity index (χ0) is 34.8. The molecule has 3 aliphatic rings. The van der Waals surface area contributed by atoms with E-state index < -0.39 is 47.7 Å². The van der Waals surface area contributed by atoms with Crippen LogP contribution in [0.4, 0.5) is 0 Å². The molecule has 48 heavy (non-hydrogen) atoms. The van der Waals surface area contributed by atoms with Gasteiger partial charge in [-0.05, 0) is 44.6 Å². The van der Waals surface area contributed by atoms with Crippen LogP contribution >= 0.6 is 15.9 Å². The molecule has 11 heteroatoms. The number of carbonyl (C=O) groups excluding carboxylic acids is 4. The zero-order valence-electron chi connectivity index (χ0n) is 28.4. The lowest BCUT2D eigenvalue weighted by Gasteiger charge is -2.37. The Hall–Kier alpha value is -3.02.